The molecule has 2 aliphatic heterocycles. The molecule has 7 heteroatoms. The summed E-state index contributed by atoms with van der Waals surface area (Å²) in [4.78, 5) is 36.6. The SMILES string of the molecule is CC#CCOc1ccc2c(c1)CN(CC1NC(=O)NC1=O)C2=O. The van der Waals surface area contributed by atoms with Crippen molar-refractivity contribution in [3.63, 3.8) is 0 Å². The molecule has 4 amide bonds. The van der Waals surface area contributed by atoms with Gasteiger partial charge in [0.15, 0.2) is 0 Å². The fourth-order valence-corrected chi connectivity index (χ4v) is 2.59. The van der Waals surface area contributed by atoms with E-state index in [-0.39, 0.29) is 12.5 Å². The standard InChI is InChI=1S/C16H15N3O4/c1-2-3-6-23-11-4-5-12-10(7-11)8-19(15(12)21)9-13-14(20)18-16(22)17-13/h4-5,7,13H,6,8-9H2,1H3,(H2,17,18,20,22). The van der Waals surface area contributed by atoms with E-state index >= 15 is 0 Å². The summed E-state index contributed by atoms with van der Waals surface area (Å²) in [6, 6.07) is 3.99. The zero-order valence-electron chi connectivity index (χ0n) is 12.5. The van der Waals surface area contributed by atoms with Gasteiger partial charge in [-0.15, -0.1) is 5.92 Å². The molecule has 0 radical (unpaired) electrons. The van der Waals surface area contributed by atoms with Crippen molar-refractivity contribution in [1.82, 2.24) is 15.5 Å². The van der Waals surface area contributed by atoms with Gasteiger partial charge in [0.05, 0.1) is 6.54 Å². The summed E-state index contributed by atoms with van der Waals surface area (Å²) >= 11 is 0. The fraction of sp³-hybridized carbons (Fsp3) is 0.312. The Balaban J connectivity index is 1.69. The quantitative estimate of drug-likeness (QED) is 0.616. The Bertz CT molecular complexity index is 747. The van der Waals surface area contributed by atoms with Gasteiger partial charge in [0.1, 0.15) is 18.4 Å². The molecule has 0 spiro atoms. The second-order valence-corrected chi connectivity index (χ2v) is 5.24. The van der Waals surface area contributed by atoms with Gasteiger partial charge in [-0.05, 0) is 30.7 Å². The van der Waals surface area contributed by atoms with Crippen LogP contribution in [0.3, 0.4) is 0 Å². The van der Waals surface area contributed by atoms with E-state index in [0.29, 0.717) is 24.5 Å². The lowest BCUT2D eigenvalue weighted by atomic mass is 10.1. The van der Waals surface area contributed by atoms with Crippen LogP contribution in [-0.2, 0) is 11.3 Å². The number of carbonyl (C=O) groups excluding carboxylic acids is 3. The van der Waals surface area contributed by atoms with Gasteiger partial charge in [0.2, 0.25) is 0 Å². The Morgan fingerprint density at radius 1 is 1.35 bits per heavy atom. The summed E-state index contributed by atoms with van der Waals surface area (Å²) < 4.78 is 5.48. The van der Waals surface area contributed by atoms with Crippen molar-refractivity contribution in [3.8, 4) is 17.6 Å². The van der Waals surface area contributed by atoms with E-state index in [0.717, 1.165) is 5.56 Å². The van der Waals surface area contributed by atoms with E-state index in [1.807, 2.05) is 0 Å². The maximum absolute atomic E-state index is 12.4. The van der Waals surface area contributed by atoms with Crippen LogP contribution in [0.25, 0.3) is 0 Å². The number of amides is 4. The molecule has 3 rings (SSSR count). The summed E-state index contributed by atoms with van der Waals surface area (Å²) in [5.41, 5.74) is 1.42. The monoisotopic (exact) mass is 313 g/mol. The predicted molar refractivity (Wildman–Crippen MR) is 80.6 cm³/mol. The van der Waals surface area contributed by atoms with E-state index in [9.17, 15) is 14.4 Å². The molecular weight excluding hydrogens is 298 g/mol. The van der Waals surface area contributed by atoms with Gasteiger partial charge in [-0.3, -0.25) is 14.9 Å². The zero-order valence-corrected chi connectivity index (χ0v) is 12.5. The van der Waals surface area contributed by atoms with Crippen LogP contribution in [0.2, 0.25) is 0 Å². The molecule has 1 atom stereocenters. The smallest absolute Gasteiger partial charge is 0.322 e. The topological polar surface area (TPSA) is 87.7 Å². The van der Waals surface area contributed by atoms with Crippen molar-refractivity contribution in [1.29, 1.82) is 0 Å². The number of hydrogen-bond donors (Lipinski definition) is 2. The van der Waals surface area contributed by atoms with Crippen LogP contribution < -0.4 is 15.4 Å². The van der Waals surface area contributed by atoms with Crippen molar-refractivity contribution >= 4 is 17.8 Å². The van der Waals surface area contributed by atoms with Crippen LogP contribution in [0.5, 0.6) is 5.75 Å². The molecule has 23 heavy (non-hydrogen) atoms. The van der Waals surface area contributed by atoms with Gasteiger partial charge in [-0.1, -0.05) is 5.92 Å². The minimum absolute atomic E-state index is 0.141. The summed E-state index contributed by atoms with van der Waals surface area (Å²) in [6.45, 7) is 2.55. The van der Waals surface area contributed by atoms with Crippen molar-refractivity contribution < 1.29 is 19.1 Å². The molecular formula is C16H15N3O4. The predicted octanol–water partition coefficient (Wildman–Crippen LogP) is 0.253. The van der Waals surface area contributed by atoms with E-state index in [2.05, 4.69) is 22.5 Å². The van der Waals surface area contributed by atoms with Crippen LogP contribution in [0.4, 0.5) is 4.79 Å². The summed E-state index contributed by atoms with van der Waals surface area (Å²) in [7, 11) is 0. The van der Waals surface area contributed by atoms with Gasteiger partial charge in [-0.25, -0.2) is 4.79 Å². The number of urea groups is 1. The number of nitrogens with one attached hydrogen (secondary N) is 2. The number of rotatable bonds is 4. The molecule has 2 N–H and O–H groups in total. The highest BCUT2D eigenvalue weighted by atomic mass is 16.5. The fourth-order valence-electron chi connectivity index (χ4n) is 2.59. The molecule has 1 aromatic carbocycles. The highest BCUT2D eigenvalue weighted by Gasteiger charge is 2.35. The first-order valence-electron chi connectivity index (χ1n) is 7.14. The van der Waals surface area contributed by atoms with E-state index in [4.69, 9.17) is 4.74 Å². The first-order chi connectivity index (χ1) is 11.1. The minimum Gasteiger partial charge on any atom is -0.481 e. The van der Waals surface area contributed by atoms with Crippen molar-refractivity contribution in [2.45, 2.75) is 19.5 Å². The Morgan fingerprint density at radius 3 is 2.87 bits per heavy atom. The van der Waals surface area contributed by atoms with Gasteiger partial charge >= 0.3 is 6.03 Å². The van der Waals surface area contributed by atoms with Crippen molar-refractivity contribution in [2.24, 2.45) is 0 Å². The van der Waals surface area contributed by atoms with Gasteiger partial charge in [0, 0.05) is 12.1 Å². The average molecular weight is 313 g/mol. The van der Waals surface area contributed by atoms with Gasteiger partial charge < -0.3 is 15.0 Å². The van der Waals surface area contributed by atoms with Crippen LogP contribution >= 0.6 is 0 Å². The van der Waals surface area contributed by atoms with Crippen LogP contribution in [0.15, 0.2) is 18.2 Å². The third kappa shape index (κ3) is 2.97. The molecule has 1 saturated heterocycles. The molecule has 0 aliphatic carbocycles. The first kappa shape index (κ1) is 14.9. The molecule has 1 unspecified atom stereocenters. The average Bonchev–Trinajstić information content (AvgIpc) is 2.99. The number of benzene rings is 1. The molecule has 1 aromatic rings. The number of hydrogen-bond acceptors (Lipinski definition) is 4. The lowest BCUT2D eigenvalue weighted by Gasteiger charge is -2.18. The highest BCUT2D eigenvalue weighted by molar-refractivity contribution is 6.05. The summed E-state index contributed by atoms with van der Waals surface area (Å²) in [6.07, 6.45) is 0. The Morgan fingerprint density at radius 2 is 2.17 bits per heavy atom. The largest absolute Gasteiger partial charge is 0.481 e. The molecule has 0 aromatic heterocycles. The zero-order chi connectivity index (χ0) is 16.4. The van der Waals surface area contributed by atoms with Gasteiger partial charge in [0.25, 0.3) is 11.8 Å². The number of fused-ring (bicyclic) bond motifs is 1. The van der Waals surface area contributed by atoms with Crippen LogP contribution in [-0.4, -0.2) is 41.9 Å². The maximum atomic E-state index is 12.4. The third-order valence-electron chi connectivity index (χ3n) is 3.70. The molecule has 7 nitrogen and oxygen atoms in total. The first-order valence-corrected chi connectivity index (χ1v) is 7.14. The van der Waals surface area contributed by atoms with Crippen LogP contribution in [0, 0.1) is 11.8 Å². The van der Waals surface area contributed by atoms with E-state index in [1.54, 1.807) is 25.1 Å². The maximum Gasteiger partial charge on any atom is 0.322 e. The van der Waals surface area contributed by atoms with Crippen LogP contribution in [0.1, 0.15) is 22.8 Å². The lowest BCUT2D eigenvalue weighted by Crippen LogP contribution is -2.42. The second kappa shape index (κ2) is 6.01. The number of nitrogens with zero attached hydrogens (tertiary/aromatic N) is 1. The van der Waals surface area contributed by atoms with Crippen molar-refractivity contribution in [3.05, 3.63) is 29.3 Å². The Kier molecular flexibility index (Phi) is 3.89. The minimum atomic E-state index is -0.712. The number of carbonyl (C=O) groups is 3. The Labute approximate surface area is 133 Å². The summed E-state index contributed by atoms with van der Waals surface area (Å²) in [5, 5.41) is 4.64. The van der Waals surface area contributed by atoms with Crippen molar-refractivity contribution in [2.75, 3.05) is 13.2 Å². The second-order valence-electron chi connectivity index (χ2n) is 5.24. The third-order valence-corrected chi connectivity index (χ3v) is 3.70. The normalized spacial score (nSPS) is 18.9. The molecule has 118 valence electrons. The molecule has 0 bridgehead atoms. The number of imide groups is 1. The van der Waals surface area contributed by atoms with Gasteiger partial charge in [-0.2, -0.15) is 0 Å². The highest BCUT2D eigenvalue weighted by Crippen LogP contribution is 2.27. The molecule has 0 saturated carbocycles. The Hall–Kier alpha value is -3.01. The summed E-state index contributed by atoms with van der Waals surface area (Å²) in [5.74, 6) is 5.62. The van der Waals surface area contributed by atoms with E-state index in [1.165, 1.54) is 4.90 Å². The number of ether oxygens (including phenoxy) is 1. The molecule has 1 fully saturated rings. The van der Waals surface area contributed by atoms with E-state index < -0.39 is 18.0 Å². The lowest BCUT2D eigenvalue weighted by molar-refractivity contribution is -0.120. The molecule has 2 aliphatic rings. The molecule has 2 heterocycles.